The summed E-state index contributed by atoms with van der Waals surface area (Å²) < 4.78 is 44.0. The van der Waals surface area contributed by atoms with Crippen LogP contribution in [0, 0.1) is 0 Å². The highest BCUT2D eigenvalue weighted by Crippen LogP contribution is 2.30. The van der Waals surface area contributed by atoms with Gasteiger partial charge in [0.15, 0.2) is 0 Å². The number of H-pyrrole nitrogens is 1. The molecule has 6 nitrogen and oxygen atoms in total. The number of benzene rings is 2. The summed E-state index contributed by atoms with van der Waals surface area (Å²) in [6.07, 6.45) is -3.18. The van der Waals surface area contributed by atoms with Gasteiger partial charge in [-0.3, -0.25) is 4.79 Å². The van der Waals surface area contributed by atoms with Crippen molar-refractivity contribution in [3.8, 4) is 5.88 Å². The first-order valence-corrected chi connectivity index (χ1v) is 9.28. The molecule has 1 unspecified atom stereocenters. The van der Waals surface area contributed by atoms with E-state index in [0.29, 0.717) is 17.0 Å². The summed E-state index contributed by atoms with van der Waals surface area (Å²) in [6, 6.07) is 16.4. The SMILES string of the molecule is COc1ccc(C(=O)NC(c2ccccc2)c2ccc3nc(C(F)(F)F)[nH]c3c2)cn1. The van der Waals surface area contributed by atoms with Crippen molar-refractivity contribution in [3.05, 3.63) is 89.4 Å². The maximum absolute atomic E-state index is 13.0. The fraction of sp³-hybridized carbons (Fsp3) is 0.136. The summed E-state index contributed by atoms with van der Waals surface area (Å²) >= 11 is 0. The molecule has 158 valence electrons. The van der Waals surface area contributed by atoms with Gasteiger partial charge in [-0.2, -0.15) is 13.2 Å². The number of methoxy groups -OCH3 is 1. The Labute approximate surface area is 175 Å². The number of nitrogens with one attached hydrogen (secondary N) is 2. The topological polar surface area (TPSA) is 79.9 Å². The van der Waals surface area contributed by atoms with Crippen LogP contribution in [0.5, 0.6) is 5.88 Å². The molecule has 0 aliphatic carbocycles. The van der Waals surface area contributed by atoms with Crippen LogP contribution in [0.3, 0.4) is 0 Å². The number of hydrogen-bond acceptors (Lipinski definition) is 4. The zero-order chi connectivity index (χ0) is 22.0. The van der Waals surface area contributed by atoms with Crippen LogP contribution in [0.2, 0.25) is 0 Å². The van der Waals surface area contributed by atoms with Crippen molar-refractivity contribution in [2.45, 2.75) is 12.2 Å². The predicted octanol–water partition coefficient (Wildman–Crippen LogP) is 4.50. The monoisotopic (exact) mass is 426 g/mol. The van der Waals surface area contributed by atoms with Crippen LogP contribution in [-0.2, 0) is 6.18 Å². The van der Waals surface area contributed by atoms with Crippen LogP contribution in [0.1, 0.15) is 33.4 Å². The number of alkyl halides is 3. The molecule has 1 atom stereocenters. The zero-order valence-corrected chi connectivity index (χ0v) is 16.3. The molecular weight excluding hydrogens is 409 g/mol. The first kappa shape index (κ1) is 20.4. The number of imidazole rings is 1. The molecule has 0 bridgehead atoms. The Balaban J connectivity index is 1.70. The molecule has 4 aromatic rings. The molecule has 0 radical (unpaired) electrons. The van der Waals surface area contributed by atoms with Gasteiger partial charge in [-0.15, -0.1) is 0 Å². The smallest absolute Gasteiger partial charge is 0.449 e. The second-order valence-electron chi connectivity index (χ2n) is 6.77. The van der Waals surface area contributed by atoms with Crippen molar-refractivity contribution >= 4 is 16.9 Å². The number of fused-ring (bicyclic) bond motifs is 1. The van der Waals surface area contributed by atoms with E-state index in [2.05, 4.69) is 20.3 Å². The number of amides is 1. The van der Waals surface area contributed by atoms with Crippen LogP contribution in [-0.4, -0.2) is 28.0 Å². The quantitative estimate of drug-likeness (QED) is 0.492. The van der Waals surface area contributed by atoms with Gasteiger partial charge in [0.05, 0.1) is 29.7 Å². The predicted molar refractivity (Wildman–Crippen MR) is 108 cm³/mol. The first-order valence-electron chi connectivity index (χ1n) is 9.28. The molecule has 0 saturated carbocycles. The molecule has 31 heavy (non-hydrogen) atoms. The van der Waals surface area contributed by atoms with Crippen LogP contribution in [0.25, 0.3) is 11.0 Å². The lowest BCUT2D eigenvalue weighted by Gasteiger charge is -2.20. The Morgan fingerprint density at radius 1 is 1.06 bits per heavy atom. The summed E-state index contributed by atoms with van der Waals surface area (Å²) in [7, 11) is 1.48. The molecule has 9 heteroatoms. The van der Waals surface area contributed by atoms with Gasteiger partial charge in [0.25, 0.3) is 5.91 Å². The minimum Gasteiger partial charge on any atom is -0.481 e. The maximum atomic E-state index is 13.0. The molecule has 1 amide bonds. The van der Waals surface area contributed by atoms with E-state index >= 15 is 0 Å². The summed E-state index contributed by atoms with van der Waals surface area (Å²) in [5.74, 6) is -1.07. The van der Waals surface area contributed by atoms with Crippen LogP contribution < -0.4 is 10.1 Å². The van der Waals surface area contributed by atoms with E-state index in [9.17, 15) is 18.0 Å². The second-order valence-corrected chi connectivity index (χ2v) is 6.77. The van der Waals surface area contributed by atoms with E-state index in [1.54, 1.807) is 24.3 Å². The van der Waals surface area contributed by atoms with Gasteiger partial charge in [-0.1, -0.05) is 36.4 Å². The van der Waals surface area contributed by atoms with E-state index in [4.69, 9.17) is 4.74 Å². The zero-order valence-electron chi connectivity index (χ0n) is 16.3. The summed E-state index contributed by atoms with van der Waals surface area (Å²) in [5.41, 5.74) is 2.11. The average molecular weight is 426 g/mol. The Kier molecular flexibility index (Phi) is 5.33. The van der Waals surface area contributed by atoms with E-state index in [0.717, 1.165) is 5.56 Å². The third-order valence-corrected chi connectivity index (χ3v) is 4.72. The number of hydrogen-bond donors (Lipinski definition) is 2. The third-order valence-electron chi connectivity index (χ3n) is 4.72. The number of nitrogens with zero attached hydrogens (tertiary/aromatic N) is 2. The summed E-state index contributed by atoms with van der Waals surface area (Å²) in [5, 5.41) is 2.93. The Hall–Kier alpha value is -3.88. The van der Waals surface area contributed by atoms with Gasteiger partial charge in [-0.25, -0.2) is 9.97 Å². The van der Waals surface area contributed by atoms with Gasteiger partial charge in [-0.05, 0) is 29.3 Å². The Morgan fingerprint density at radius 2 is 1.84 bits per heavy atom. The molecule has 4 rings (SSSR count). The highest BCUT2D eigenvalue weighted by atomic mass is 19.4. The van der Waals surface area contributed by atoms with E-state index in [-0.39, 0.29) is 16.9 Å². The summed E-state index contributed by atoms with van der Waals surface area (Å²) in [6.45, 7) is 0. The van der Waals surface area contributed by atoms with Crippen molar-refractivity contribution in [2.24, 2.45) is 0 Å². The highest BCUT2D eigenvalue weighted by molar-refractivity contribution is 5.94. The van der Waals surface area contributed by atoms with Crippen molar-refractivity contribution in [3.63, 3.8) is 0 Å². The van der Waals surface area contributed by atoms with Gasteiger partial charge < -0.3 is 15.0 Å². The van der Waals surface area contributed by atoms with Crippen molar-refractivity contribution in [1.29, 1.82) is 0 Å². The van der Waals surface area contributed by atoms with Crippen LogP contribution in [0.4, 0.5) is 13.2 Å². The fourth-order valence-electron chi connectivity index (χ4n) is 3.20. The minimum absolute atomic E-state index is 0.188. The number of carbonyl (C=O) groups is 1. The van der Waals surface area contributed by atoms with Crippen molar-refractivity contribution in [2.75, 3.05) is 7.11 Å². The van der Waals surface area contributed by atoms with Crippen molar-refractivity contribution < 1.29 is 22.7 Å². The third kappa shape index (κ3) is 4.35. The molecule has 0 aliphatic rings. The van der Waals surface area contributed by atoms with Crippen molar-refractivity contribution in [1.82, 2.24) is 20.3 Å². The summed E-state index contributed by atoms with van der Waals surface area (Å²) in [4.78, 5) is 22.8. The van der Waals surface area contributed by atoms with Gasteiger partial charge in [0, 0.05) is 12.3 Å². The molecular formula is C22H17F3N4O2. The lowest BCUT2D eigenvalue weighted by atomic mass is 9.98. The normalized spacial score (nSPS) is 12.5. The molecule has 2 aromatic heterocycles. The lowest BCUT2D eigenvalue weighted by Crippen LogP contribution is -2.29. The molecule has 0 saturated heterocycles. The lowest BCUT2D eigenvalue weighted by molar-refractivity contribution is -0.144. The molecule has 0 spiro atoms. The van der Waals surface area contributed by atoms with E-state index in [1.165, 1.54) is 19.4 Å². The number of aromatic nitrogens is 3. The molecule has 2 heterocycles. The Morgan fingerprint density at radius 3 is 2.48 bits per heavy atom. The molecule has 0 aliphatic heterocycles. The minimum atomic E-state index is -4.58. The number of halogens is 3. The Bertz CT molecular complexity index is 1210. The van der Waals surface area contributed by atoms with E-state index in [1.807, 2.05) is 30.3 Å². The number of rotatable bonds is 5. The van der Waals surface area contributed by atoms with Gasteiger partial charge in [0.2, 0.25) is 11.7 Å². The standard InChI is InChI=1S/C22H17F3N4O2/c1-31-18-10-8-15(12-26-18)20(30)29-19(13-5-3-2-4-6-13)14-7-9-16-17(11-14)28-21(27-16)22(23,24)25/h2-12,19H,1H3,(H,27,28)(H,29,30). The second kappa shape index (κ2) is 8.10. The van der Waals surface area contributed by atoms with Crippen LogP contribution >= 0.6 is 0 Å². The maximum Gasteiger partial charge on any atom is 0.449 e. The number of carbonyl (C=O) groups excluding carboxylic acids is 1. The fourth-order valence-corrected chi connectivity index (χ4v) is 3.20. The van der Waals surface area contributed by atoms with E-state index < -0.39 is 18.0 Å². The number of pyridine rings is 1. The highest BCUT2D eigenvalue weighted by Gasteiger charge is 2.34. The average Bonchev–Trinajstić information content (AvgIpc) is 3.22. The molecule has 2 N–H and O–H groups in total. The van der Waals surface area contributed by atoms with Gasteiger partial charge >= 0.3 is 6.18 Å². The van der Waals surface area contributed by atoms with Gasteiger partial charge in [0.1, 0.15) is 0 Å². The largest absolute Gasteiger partial charge is 0.481 e. The first-order chi connectivity index (χ1) is 14.8. The number of ether oxygens (including phenoxy) is 1. The number of aromatic amines is 1. The van der Waals surface area contributed by atoms with Crippen LogP contribution in [0.15, 0.2) is 66.9 Å². The molecule has 0 fully saturated rings. The molecule has 2 aromatic carbocycles.